The molecule has 1 aromatic rings. The van der Waals surface area contributed by atoms with E-state index in [1.54, 1.807) is 12.1 Å². The average Bonchev–Trinajstić information content (AvgIpc) is 2.40. The molecule has 0 amide bonds. The summed E-state index contributed by atoms with van der Waals surface area (Å²) in [5.74, 6) is 0. The van der Waals surface area contributed by atoms with Crippen LogP contribution in [-0.4, -0.2) is 44.0 Å². The highest BCUT2D eigenvalue weighted by atomic mass is 32.2. The Balaban J connectivity index is 2.20. The Hall–Kier alpha value is -0.925. The van der Waals surface area contributed by atoms with E-state index in [2.05, 4.69) is 0 Å². The fourth-order valence-electron chi connectivity index (χ4n) is 2.19. The zero-order valence-corrected chi connectivity index (χ0v) is 11.3. The molecule has 2 rings (SSSR count). The molecule has 0 aliphatic carbocycles. The Bertz CT molecular complexity index is 437. The molecule has 8 heteroatoms. The second-order valence-electron chi connectivity index (χ2n) is 4.48. The molecule has 1 saturated heterocycles. The third-order valence-corrected chi connectivity index (χ3v) is 3.89. The van der Waals surface area contributed by atoms with E-state index in [-0.39, 0.29) is 0 Å². The van der Waals surface area contributed by atoms with Crippen molar-refractivity contribution in [2.45, 2.75) is 19.3 Å². The third-order valence-electron chi connectivity index (χ3n) is 3.15. The van der Waals surface area contributed by atoms with Crippen LogP contribution in [0.5, 0.6) is 0 Å². The van der Waals surface area contributed by atoms with Crippen LogP contribution in [0.1, 0.15) is 19.3 Å². The summed E-state index contributed by atoms with van der Waals surface area (Å²) in [5, 5.41) is 19.9. The number of piperidine rings is 1. The monoisotopic (exact) mass is 284 g/mol. The predicted octanol–water partition coefficient (Wildman–Crippen LogP) is -0.290. The lowest BCUT2D eigenvalue weighted by atomic mass is 9.80. The van der Waals surface area contributed by atoms with E-state index < -0.39 is 18.4 Å². The summed E-state index contributed by atoms with van der Waals surface area (Å²) in [5.41, 5.74) is 0.915. The maximum Gasteiger partial charge on any atom is 0.488 e. The number of hydrogen-bond donors (Lipinski definition) is 3. The molecule has 3 N–H and O–H groups in total. The highest BCUT2D eigenvalue weighted by molar-refractivity contribution is 7.80. The molecule has 1 heterocycles. The maximum absolute atomic E-state index is 11.5. The van der Waals surface area contributed by atoms with Gasteiger partial charge in [0.25, 0.3) is 11.3 Å². The zero-order valence-electron chi connectivity index (χ0n) is 10.5. The van der Waals surface area contributed by atoms with Crippen molar-refractivity contribution in [1.82, 2.24) is 5.01 Å². The molecule has 104 valence electrons. The number of anilines is 1. The van der Waals surface area contributed by atoms with E-state index in [4.69, 9.17) is 10.0 Å². The number of benzene rings is 1. The van der Waals surface area contributed by atoms with Gasteiger partial charge in [0.15, 0.2) is 0 Å². The van der Waals surface area contributed by atoms with Gasteiger partial charge in [0.1, 0.15) is 0 Å². The summed E-state index contributed by atoms with van der Waals surface area (Å²) in [6.07, 6.45) is 3.14. The van der Waals surface area contributed by atoms with Gasteiger partial charge in [-0.15, -0.1) is 0 Å². The molecule has 1 aliphatic heterocycles. The van der Waals surface area contributed by atoms with Gasteiger partial charge in [0, 0.05) is 13.1 Å². The quantitative estimate of drug-likeness (QED) is 0.523. The fraction of sp³-hybridized carbons (Fsp3) is 0.455. The summed E-state index contributed by atoms with van der Waals surface area (Å²) in [4.78, 5) is 0. The van der Waals surface area contributed by atoms with Crippen molar-refractivity contribution in [3.63, 3.8) is 0 Å². The third kappa shape index (κ3) is 3.55. The van der Waals surface area contributed by atoms with Crippen molar-refractivity contribution < 1.29 is 18.8 Å². The average molecular weight is 284 g/mol. The van der Waals surface area contributed by atoms with Gasteiger partial charge in [0.2, 0.25) is 0 Å². The Morgan fingerprint density at radius 3 is 2.16 bits per heavy atom. The molecule has 1 aliphatic rings. The smallest absolute Gasteiger partial charge is 0.423 e. The molecule has 0 radical (unpaired) electrons. The van der Waals surface area contributed by atoms with Crippen LogP contribution in [0, 0.1) is 0 Å². The van der Waals surface area contributed by atoms with Crippen LogP contribution < -0.4 is 9.88 Å². The zero-order chi connectivity index (χ0) is 13.8. The molecule has 19 heavy (non-hydrogen) atoms. The van der Waals surface area contributed by atoms with Crippen molar-refractivity contribution in [1.29, 1.82) is 0 Å². The second-order valence-corrected chi connectivity index (χ2v) is 5.29. The normalized spacial score (nSPS) is 18.1. The molecule has 6 nitrogen and oxygen atoms in total. The summed E-state index contributed by atoms with van der Waals surface area (Å²) in [7, 11) is -1.53. The van der Waals surface area contributed by atoms with Gasteiger partial charge in [-0.25, -0.2) is 9.22 Å². The predicted molar refractivity (Wildman–Crippen MR) is 74.9 cm³/mol. The SMILES string of the molecule is O=S(O)N(c1ccc(B(O)O)cc1)N1CCCCC1. The molecule has 1 atom stereocenters. The van der Waals surface area contributed by atoms with Gasteiger partial charge in [-0.05, 0) is 30.4 Å². The largest absolute Gasteiger partial charge is 0.488 e. The van der Waals surface area contributed by atoms with Crippen LogP contribution in [0.4, 0.5) is 5.69 Å². The molecule has 0 saturated carbocycles. The standard InChI is InChI=1S/C11H17BN2O4S/c15-12(16)10-4-6-11(7-5-10)14(19(17)18)13-8-2-1-3-9-13/h4-7,15-16H,1-3,8-9H2,(H,17,18). The van der Waals surface area contributed by atoms with Gasteiger partial charge < -0.3 is 10.0 Å². The van der Waals surface area contributed by atoms with Gasteiger partial charge in [-0.2, -0.15) is 4.41 Å². The Kier molecular flexibility index (Phi) is 4.95. The Morgan fingerprint density at radius 1 is 1.11 bits per heavy atom. The van der Waals surface area contributed by atoms with Gasteiger partial charge >= 0.3 is 7.12 Å². The molecule has 0 aromatic heterocycles. The van der Waals surface area contributed by atoms with E-state index >= 15 is 0 Å². The lowest BCUT2D eigenvalue weighted by molar-refractivity contribution is 0.239. The molecular weight excluding hydrogens is 267 g/mol. The molecule has 0 spiro atoms. The van der Waals surface area contributed by atoms with E-state index in [1.807, 2.05) is 5.01 Å². The highest BCUT2D eigenvalue weighted by Gasteiger charge is 2.23. The van der Waals surface area contributed by atoms with Crippen LogP contribution in [0.25, 0.3) is 0 Å². The van der Waals surface area contributed by atoms with E-state index in [9.17, 15) is 8.76 Å². The van der Waals surface area contributed by atoms with Gasteiger partial charge in [-0.3, -0.25) is 4.55 Å². The molecule has 1 fully saturated rings. The molecule has 1 aromatic carbocycles. The van der Waals surface area contributed by atoms with E-state index in [0.717, 1.165) is 32.4 Å². The van der Waals surface area contributed by atoms with Crippen molar-refractivity contribution in [2.24, 2.45) is 0 Å². The Labute approximate surface area is 115 Å². The van der Waals surface area contributed by atoms with Crippen LogP contribution >= 0.6 is 0 Å². The molecular formula is C11H17BN2O4S. The summed E-state index contributed by atoms with van der Waals surface area (Å²) >= 11 is -2.13. The number of nitrogens with zero attached hydrogens (tertiary/aromatic N) is 2. The lowest BCUT2D eigenvalue weighted by Crippen LogP contribution is -2.46. The molecule has 1 unspecified atom stereocenters. The minimum absolute atomic E-state index is 0.353. The maximum atomic E-state index is 11.5. The highest BCUT2D eigenvalue weighted by Crippen LogP contribution is 2.20. The topological polar surface area (TPSA) is 84.2 Å². The first-order valence-electron chi connectivity index (χ1n) is 6.21. The van der Waals surface area contributed by atoms with Crippen LogP contribution in [0.2, 0.25) is 0 Å². The Morgan fingerprint density at radius 2 is 1.68 bits per heavy atom. The van der Waals surface area contributed by atoms with Crippen molar-refractivity contribution in [2.75, 3.05) is 17.5 Å². The van der Waals surface area contributed by atoms with Crippen LogP contribution in [0.15, 0.2) is 24.3 Å². The number of hydrogen-bond acceptors (Lipinski definition) is 4. The summed E-state index contributed by atoms with van der Waals surface area (Å²) in [6.45, 7) is 1.49. The number of rotatable bonds is 4. The van der Waals surface area contributed by atoms with Crippen LogP contribution in [-0.2, 0) is 11.3 Å². The van der Waals surface area contributed by atoms with Gasteiger partial charge in [-0.1, -0.05) is 18.6 Å². The number of hydrazine groups is 1. The minimum atomic E-state index is -2.13. The second kappa shape index (κ2) is 6.49. The first-order valence-corrected chi connectivity index (χ1v) is 7.28. The van der Waals surface area contributed by atoms with E-state index in [0.29, 0.717) is 11.2 Å². The summed E-state index contributed by atoms with van der Waals surface area (Å²) in [6, 6.07) is 6.28. The first kappa shape index (κ1) is 14.5. The lowest BCUT2D eigenvalue weighted by Gasteiger charge is -2.35. The van der Waals surface area contributed by atoms with Crippen molar-refractivity contribution in [3.05, 3.63) is 24.3 Å². The van der Waals surface area contributed by atoms with Crippen molar-refractivity contribution >= 4 is 29.5 Å². The fourth-order valence-corrected chi connectivity index (χ4v) is 2.85. The van der Waals surface area contributed by atoms with E-state index in [1.165, 1.54) is 16.5 Å². The van der Waals surface area contributed by atoms with Crippen LogP contribution in [0.3, 0.4) is 0 Å². The first-order chi connectivity index (χ1) is 9.09. The van der Waals surface area contributed by atoms with Crippen molar-refractivity contribution in [3.8, 4) is 0 Å². The minimum Gasteiger partial charge on any atom is -0.423 e. The van der Waals surface area contributed by atoms with Gasteiger partial charge in [0.05, 0.1) is 5.69 Å². The molecule has 0 bridgehead atoms. The summed E-state index contributed by atoms with van der Waals surface area (Å²) < 4.78 is 22.3.